The molecule has 1 aromatic carbocycles. The molecule has 1 amide bonds. The number of aromatic nitrogens is 4. The van der Waals surface area contributed by atoms with Gasteiger partial charge in [0.2, 0.25) is 11.7 Å². The average molecular weight is 351 g/mol. The van der Waals surface area contributed by atoms with E-state index < -0.39 is 0 Å². The van der Waals surface area contributed by atoms with E-state index in [0.29, 0.717) is 23.0 Å². The highest BCUT2D eigenvalue weighted by atomic mass is 16.5. The highest BCUT2D eigenvalue weighted by molar-refractivity contribution is 5.95. The van der Waals surface area contributed by atoms with Crippen LogP contribution in [0.3, 0.4) is 0 Å². The van der Waals surface area contributed by atoms with Gasteiger partial charge in [0.15, 0.2) is 0 Å². The molecule has 0 bridgehead atoms. The molecule has 2 heterocycles. The van der Waals surface area contributed by atoms with Crippen molar-refractivity contribution in [2.45, 2.75) is 45.6 Å². The van der Waals surface area contributed by atoms with Gasteiger partial charge in [-0.15, -0.1) is 0 Å². The number of carbonyl (C=O) groups is 1. The van der Waals surface area contributed by atoms with Crippen molar-refractivity contribution in [1.29, 1.82) is 0 Å². The number of carbonyl (C=O) groups excluding carboxylic acids is 1. The Morgan fingerprint density at radius 1 is 1.38 bits per heavy atom. The lowest BCUT2D eigenvalue weighted by Gasteiger charge is -2.14. The molecular formula is C19H21N5O2. The number of hydrogen-bond donors (Lipinski definition) is 2. The third kappa shape index (κ3) is 2.89. The average Bonchev–Trinajstić information content (AvgIpc) is 3.34. The minimum Gasteiger partial charge on any atom is -0.345 e. The predicted octanol–water partition coefficient (Wildman–Crippen LogP) is 3.31. The highest BCUT2D eigenvalue weighted by Crippen LogP contribution is 2.34. The van der Waals surface area contributed by atoms with Crippen molar-refractivity contribution in [1.82, 2.24) is 25.7 Å². The van der Waals surface area contributed by atoms with Crippen molar-refractivity contribution in [2.75, 3.05) is 0 Å². The van der Waals surface area contributed by atoms with E-state index in [1.807, 2.05) is 26.8 Å². The van der Waals surface area contributed by atoms with Crippen molar-refractivity contribution < 1.29 is 9.32 Å². The number of nitrogens with zero attached hydrogens (tertiary/aromatic N) is 3. The zero-order valence-electron chi connectivity index (χ0n) is 15.0. The second kappa shape index (κ2) is 6.40. The van der Waals surface area contributed by atoms with Gasteiger partial charge < -0.3 is 9.84 Å². The van der Waals surface area contributed by atoms with Crippen LogP contribution in [0.25, 0.3) is 11.4 Å². The molecule has 7 heteroatoms. The van der Waals surface area contributed by atoms with Gasteiger partial charge in [0, 0.05) is 17.7 Å². The number of hydrogen-bond acceptors (Lipinski definition) is 5. The standard InChI is InChI=1S/C19H21N5O2/c1-10(2)19-22-17(24-26-19)13-4-6-14-12(8-13)5-7-16(14)21-18(25)15-9-20-23-11(15)3/h4,6,8-10,16H,5,7H2,1-3H3,(H,20,23)(H,21,25)/t16-/m1/s1. The van der Waals surface area contributed by atoms with Crippen molar-refractivity contribution >= 4 is 5.91 Å². The fourth-order valence-electron chi connectivity index (χ4n) is 3.32. The summed E-state index contributed by atoms with van der Waals surface area (Å²) in [6.07, 6.45) is 3.42. The number of amides is 1. The summed E-state index contributed by atoms with van der Waals surface area (Å²) in [5.41, 5.74) is 4.60. The summed E-state index contributed by atoms with van der Waals surface area (Å²) in [6.45, 7) is 5.86. The first kappa shape index (κ1) is 16.5. The lowest BCUT2D eigenvalue weighted by atomic mass is 10.0. The fourth-order valence-corrected chi connectivity index (χ4v) is 3.32. The zero-order valence-corrected chi connectivity index (χ0v) is 15.0. The van der Waals surface area contributed by atoms with Gasteiger partial charge in [-0.05, 0) is 37.0 Å². The topological polar surface area (TPSA) is 96.7 Å². The number of rotatable bonds is 4. The molecule has 134 valence electrons. The maximum atomic E-state index is 12.4. The summed E-state index contributed by atoms with van der Waals surface area (Å²) in [6, 6.07) is 6.15. The van der Waals surface area contributed by atoms with E-state index in [4.69, 9.17) is 4.52 Å². The van der Waals surface area contributed by atoms with Gasteiger partial charge in [0.25, 0.3) is 5.91 Å². The van der Waals surface area contributed by atoms with E-state index >= 15 is 0 Å². The number of aromatic amines is 1. The molecule has 0 radical (unpaired) electrons. The summed E-state index contributed by atoms with van der Waals surface area (Å²) < 4.78 is 5.30. The van der Waals surface area contributed by atoms with E-state index in [2.05, 4.69) is 37.8 Å². The predicted molar refractivity (Wildman–Crippen MR) is 95.7 cm³/mol. The van der Waals surface area contributed by atoms with Gasteiger partial charge in [0.05, 0.1) is 17.3 Å². The molecule has 1 aliphatic carbocycles. The molecule has 0 saturated heterocycles. The minimum absolute atomic E-state index is 0.0114. The first-order valence-electron chi connectivity index (χ1n) is 8.81. The molecule has 0 spiro atoms. The summed E-state index contributed by atoms with van der Waals surface area (Å²) in [5, 5.41) is 13.9. The lowest BCUT2D eigenvalue weighted by Crippen LogP contribution is -2.27. The van der Waals surface area contributed by atoms with Crippen LogP contribution in [0, 0.1) is 6.92 Å². The third-order valence-electron chi connectivity index (χ3n) is 4.80. The van der Waals surface area contributed by atoms with Crippen LogP contribution in [0.4, 0.5) is 0 Å². The van der Waals surface area contributed by atoms with Gasteiger partial charge in [0.1, 0.15) is 0 Å². The third-order valence-corrected chi connectivity index (χ3v) is 4.80. The van der Waals surface area contributed by atoms with Gasteiger partial charge in [-0.1, -0.05) is 31.1 Å². The largest absolute Gasteiger partial charge is 0.345 e. The van der Waals surface area contributed by atoms with Crippen molar-refractivity contribution in [2.24, 2.45) is 0 Å². The molecular weight excluding hydrogens is 330 g/mol. The number of aryl methyl sites for hydroxylation is 2. The molecule has 0 saturated carbocycles. The highest BCUT2D eigenvalue weighted by Gasteiger charge is 2.26. The molecule has 4 rings (SSSR count). The fraction of sp³-hybridized carbons (Fsp3) is 0.368. The summed E-state index contributed by atoms with van der Waals surface area (Å²) in [4.78, 5) is 16.9. The van der Waals surface area contributed by atoms with Crippen LogP contribution in [-0.4, -0.2) is 26.2 Å². The summed E-state index contributed by atoms with van der Waals surface area (Å²) in [7, 11) is 0. The number of H-pyrrole nitrogens is 1. The van der Waals surface area contributed by atoms with Gasteiger partial charge in [-0.2, -0.15) is 10.1 Å². The molecule has 0 fully saturated rings. The van der Waals surface area contributed by atoms with Crippen LogP contribution in [0.1, 0.15) is 65.3 Å². The zero-order chi connectivity index (χ0) is 18.3. The van der Waals surface area contributed by atoms with Crippen LogP contribution >= 0.6 is 0 Å². The Morgan fingerprint density at radius 2 is 2.23 bits per heavy atom. The molecule has 26 heavy (non-hydrogen) atoms. The minimum atomic E-state index is -0.0991. The second-order valence-electron chi connectivity index (χ2n) is 6.97. The number of fused-ring (bicyclic) bond motifs is 1. The van der Waals surface area contributed by atoms with E-state index in [1.165, 1.54) is 5.56 Å². The first-order valence-corrected chi connectivity index (χ1v) is 8.81. The van der Waals surface area contributed by atoms with Crippen LogP contribution in [0.15, 0.2) is 28.9 Å². The van der Waals surface area contributed by atoms with Gasteiger partial charge in [-0.25, -0.2) is 0 Å². The maximum Gasteiger partial charge on any atom is 0.255 e. The molecule has 1 aliphatic rings. The van der Waals surface area contributed by atoms with E-state index in [9.17, 15) is 4.79 Å². The normalized spacial score (nSPS) is 16.1. The Balaban J connectivity index is 1.54. The van der Waals surface area contributed by atoms with Gasteiger partial charge in [-0.3, -0.25) is 9.89 Å². The molecule has 0 aliphatic heterocycles. The molecule has 0 unspecified atom stereocenters. The van der Waals surface area contributed by atoms with E-state index in [0.717, 1.165) is 24.0 Å². The number of nitrogens with one attached hydrogen (secondary N) is 2. The number of benzene rings is 1. The smallest absolute Gasteiger partial charge is 0.255 e. The Labute approximate surface area is 151 Å². The van der Waals surface area contributed by atoms with Crippen LogP contribution < -0.4 is 5.32 Å². The Bertz CT molecular complexity index is 957. The molecule has 3 aromatic rings. The Hall–Kier alpha value is -2.96. The van der Waals surface area contributed by atoms with Gasteiger partial charge >= 0.3 is 0 Å². The second-order valence-corrected chi connectivity index (χ2v) is 6.97. The van der Waals surface area contributed by atoms with Crippen molar-refractivity contribution in [3.8, 4) is 11.4 Å². The SMILES string of the molecule is Cc1n[nH]cc1C(=O)N[C@@H]1CCc2cc(-c3noc(C(C)C)n3)ccc21. The lowest BCUT2D eigenvalue weighted by molar-refractivity contribution is 0.0936. The van der Waals surface area contributed by atoms with Crippen molar-refractivity contribution in [3.05, 3.63) is 52.7 Å². The first-order chi connectivity index (χ1) is 12.5. The molecule has 7 nitrogen and oxygen atoms in total. The Morgan fingerprint density at radius 3 is 2.92 bits per heavy atom. The Kier molecular flexibility index (Phi) is 4.06. The summed E-state index contributed by atoms with van der Waals surface area (Å²) in [5.74, 6) is 1.36. The van der Waals surface area contributed by atoms with E-state index in [-0.39, 0.29) is 17.9 Å². The monoisotopic (exact) mass is 351 g/mol. The van der Waals surface area contributed by atoms with Crippen molar-refractivity contribution in [3.63, 3.8) is 0 Å². The molecule has 2 N–H and O–H groups in total. The van der Waals surface area contributed by atoms with Crippen LogP contribution in [-0.2, 0) is 6.42 Å². The molecule has 1 atom stereocenters. The quantitative estimate of drug-likeness (QED) is 0.752. The summed E-state index contributed by atoms with van der Waals surface area (Å²) >= 11 is 0. The molecule has 2 aromatic heterocycles. The maximum absolute atomic E-state index is 12.4. The van der Waals surface area contributed by atoms with E-state index in [1.54, 1.807) is 6.20 Å². The van der Waals surface area contributed by atoms with Crippen LogP contribution in [0.2, 0.25) is 0 Å². The van der Waals surface area contributed by atoms with Crippen LogP contribution in [0.5, 0.6) is 0 Å².